The van der Waals surface area contributed by atoms with E-state index < -0.39 is 18.1 Å². The van der Waals surface area contributed by atoms with Crippen molar-refractivity contribution < 1.29 is 19.1 Å². The van der Waals surface area contributed by atoms with Crippen LogP contribution in [0, 0.1) is 0 Å². The second-order valence-electron chi connectivity index (χ2n) is 2.71. The Kier molecular flexibility index (Phi) is 4.46. The Morgan fingerprint density at radius 1 is 1.47 bits per heavy atom. The van der Waals surface area contributed by atoms with Crippen LogP contribution in [0.1, 0.15) is 10.4 Å². The van der Waals surface area contributed by atoms with E-state index in [1.165, 1.54) is 13.1 Å². The third kappa shape index (κ3) is 3.71. The fraction of sp³-hybridized carbons (Fsp3) is 0.125. The molecule has 1 aromatic heterocycles. The molecule has 1 aromatic rings. The average Bonchev–Trinajstić information content (AvgIpc) is 2.58. The van der Waals surface area contributed by atoms with Gasteiger partial charge in [-0.05, 0) is 22.0 Å². The van der Waals surface area contributed by atoms with Crippen molar-refractivity contribution in [2.75, 3.05) is 12.4 Å². The van der Waals surface area contributed by atoms with Gasteiger partial charge in [-0.25, -0.2) is 14.4 Å². The molecule has 0 fully saturated rings. The van der Waals surface area contributed by atoms with Crippen molar-refractivity contribution in [3.05, 3.63) is 15.4 Å². The molecule has 0 spiro atoms. The largest absolute Gasteiger partial charge is 0.412 e. The number of halogens is 1. The summed E-state index contributed by atoms with van der Waals surface area (Å²) in [5.74, 6) is -0.925. The van der Waals surface area contributed by atoms with E-state index in [1.54, 1.807) is 0 Å². The van der Waals surface area contributed by atoms with Crippen LogP contribution in [0.4, 0.5) is 14.6 Å². The first-order valence-electron chi connectivity index (χ1n) is 4.23. The number of nitrogens with two attached hydrogens (primary N) is 1. The highest BCUT2D eigenvalue weighted by atomic mass is 79.9. The Labute approximate surface area is 108 Å². The first kappa shape index (κ1) is 13.5. The average molecular weight is 322 g/mol. The van der Waals surface area contributed by atoms with E-state index in [0.29, 0.717) is 3.79 Å². The molecule has 0 aliphatic rings. The van der Waals surface area contributed by atoms with Crippen LogP contribution in [-0.2, 0) is 4.74 Å². The van der Waals surface area contributed by atoms with Gasteiger partial charge in [-0.2, -0.15) is 0 Å². The van der Waals surface area contributed by atoms with Crippen LogP contribution in [0.2, 0.25) is 0 Å². The number of nitrogens with one attached hydrogen (secondary N) is 2. The van der Waals surface area contributed by atoms with Gasteiger partial charge < -0.3 is 15.8 Å². The number of hydrogen-bond donors (Lipinski definition) is 3. The summed E-state index contributed by atoms with van der Waals surface area (Å²) >= 11 is 4.26. The van der Waals surface area contributed by atoms with Crippen LogP contribution in [0.25, 0.3) is 0 Å². The van der Waals surface area contributed by atoms with Gasteiger partial charge in [0.05, 0.1) is 9.35 Å². The van der Waals surface area contributed by atoms with Crippen molar-refractivity contribution in [2.45, 2.75) is 0 Å². The summed E-state index contributed by atoms with van der Waals surface area (Å²) in [6.07, 6.45) is -1.21. The van der Waals surface area contributed by atoms with Gasteiger partial charge in [0, 0.05) is 7.05 Å². The van der Waals surface area contributed by atoms with Gasteiger partial charge in [0.15, 0.2) is 0 Å². The summed E-state index contributed by atoms with van der Waals surface area (Å²) in [7, 11) is 1.43. The Morgan fingerprint density at radius 3 is 2.65 bits per heavy atom. The molecule has 0 aliphatic heterocycles. The molecule has 1 rings (SSSR count). The zero-order valence-corrected chi connectivity index (χ0v) is 11.0. The minimum absolute atomic E-state index is 0.0456. The van der Waals surface area contributed by atoms with Crippen molar-refractivity contribution in [3.63, 3.8) is 0 Å². The highest BCUT2D eigenvalue weighted by molar-refractivity contribution is 9.11. The van der Waals surface area contributed by atoms with Crippen LogP contribution in [0.3, 0.4) is 0 Å². The Hall–Kier alpha value is -1.61. The number of amides is 3. The molecule has 0 bridgehead atoms. The lowest BCUT2D eigenvalue weighted by Crippen LogP contribution is -2.25. The fourth-order valence-corrected chi connectivity index (χ4v) is 2.40. The minimum atomic E-state index is -1.21. The van der Waals surface area contributed by atoms with Gasteiger partial charge in [-0.1, -0.05) is 0 Å². The zero-order chi connectivity index (χ0) is 13.0. The van der Waals surface area contributed by atoms with E-state index in [2.05, 4.69) is 31.3 Å². The standard InChI is InChI=1S/C8H8BrN3O4S/c1-11-8(15)12-5-3(2-4(9)17-5)6(13)16-7(10)14/h2H,1H3,(H2,10,14)(H2,11,12,15). The zero-order valence-electron chi connectivity index (χ0n) is 8.57. The maximum Gasteiger partial charge on any atom is 0.412 e. The monoisotopic (exact) mass is 321 g/mol. The van der Waals surface area contributed by atoms with Crippen LogP contribution in [0.15, 0.2) is 9.85 Å². The van der Waals surface area contributed by atoms with E-state index in [-0.39, 0.29) is 10.6 Å². The third-order valence-electron chi connectivity index (χ3n) is 1.57. The number of rotatable bonds is 2. The quantitative estimate of drug-likeness (QED) is 0.566. The van der Waals surface area contributed by atoms with Crippen LogP contribution in [-0.4, -0.2) is 25.1 Å². The van der Waals surface area contributed by atoms with Gasteiger partial charge >= 0.3 is 18.1 Å². The normalized spacial score (nSPS) is 9.53. The molecule has 0 radical (unpaired) electrons. The van der Waals surface area contributed by atoms with Gasteiger partial charge in [0.25, 0.3) is 0 Å². The molecular formula is C8H8BrN3O4S. The maximum atomic E-state index is 11.5. The number of anilines is 1. The smallest absolute Gasteiger partial charge is 0.373 e. The third-order valence-corrected chi connectivity index (χ3v) is 3.12. The van der Waals surface area contributed by atoms with E-state index in [1.807, 2.05) is 0 Å². The molecule has 0 aliphatic carbocycles. The number of hydrogen-bond acceptors (Lipinski definition) is 5. The number of esters is 1. The summed E-state index contributed by atoms with van der Waals surface area (Å²) < 4.78 is 4.82. The molecule has 0 saturated carbocycles. The highest BCUT2D eigenvalue weighted by Gasteiger charge is 2.19. The molecule has 0 saturated heterocycles. The predicted molar refractivity (Wildman–Crippen MR) is 65.1 cm³/mol. The topological polar surface area (TPSA) is 111 Å². The lowest BCUT2D eigenvalue weighted by molar-refractivity contribution is 0.0640. The lowest BCUT2D eigenvalue weighted by Gasteiger charge is -2.03. The molecule has 92 valence electrons. The molecule has 17 heavy (non-hydrogen) atoms. The first-order chi connectivity index (χ1) is 7.93. The number of carbonyl (C=O) groups is 3. The number of ether oxygens (including phenoxy) is 1. The molecule has 3 amide bonds. The molecular weight excluding hydrogens is 314 g/mol. The summed E-state index contributed by atoms with van der Waals surface area (Å²) in [5.41, 5.74) is 4.77. The number of primary amides is 1. The molecule has 9 heteroatoms. The van der Waals surface area contributed by atoms with E-state index in [4.69, 9.17) is 5.73 Å². The van der Waals surface area contributed by atoms with Crippen molar-refractivity contribution in [1.29, 1.82) is 0 Å². The molecule has 7 nitrogen and oxygen atoms in total. The molecule has 0 atom stereocenters. The number of carbonyl (C=O) groups excluding carboxylic acids is 3. The second-order valence-corrected chi connectivity index (χ2v) is 5.14. The van der Waals surface area contributed by atoms with Crippen LogP contribution in [0.5, 0.6) is 0 Å². The molecule has 4 N–H and O–H groups in total. The maximum absolute atomic E-state index is 11.5. The minimum Gasteiger partial charge on any atom is -0.373 e. The summed E-state index contributed by atoms with van der Waals surface area (Å²) in [6.45, 7) is 0. The number of thiophene rings is 1. The SMILES string of the molecule is CNC(=O)Nc1sc(Br)cc1C(=O)OC(N)=O. The van der Waals surface area contributed by atoms with Crippen molar-refractivity contribution >= 4 is 50.4 Å². The van der Waals surface area contributed by atoms with Crippen molar-refractivity contribution in [3.8, 4) is 0 Å². The number of urea groups is 1. The van der Waals surface area contributed by atoms with E-state index >= 15 is 0 Å². The van der Waals surface area contributed by atoms with E-state index in [9.17, 15) is 14.4 Å². The van der Waals surface area contributed by atoms with Gasteiger partial charge in [-0.3, -0.25) is 5.32 Å². The van der Waals surface area contributed by atoms with Crippen LogP contribution >= 0.6 is 27.3 Å². The second kappa shape index (κ2) is 5.64. The Morgan fingerprint density at radius 2 is 2.12 bits per heavy atom. The molecule has 0 unspecified atom stereocenters. The van der Waals surface area contributed by atoms with E-state index in [0.717, 1.165) is 11.3 Å². The van der Waals surface area contributed by atoms with Crippen LogP contribution < -0.4 is 16.4 Å². The summed E-state index contributed by atoms with van der Waals surface area (Å²) in [5, 5.41) is 5.00. The Bertz CT molecular complexity index is 473. The van der Waals surface area contributed by atoms with Gasteiger partial charge in [0.1, 0.15) is 5.00 Å². The summed E-state index contributed by atoms with van der Waals surface area (Å²) in [4.78, 5) is 33.0. The van der Waals surface area contributed by atoms with Gasteiger partial charge in [-0.15, -0.1) is 11.3 Å². The molecule has 1 heterocycles. The molecule has 0 aromatic carbocycles. The predicted octanol–water partition coefficient (Wildman–Crippen LogP) is 1.50. The lowest BCUT2D eigenvalue weighted by atomic mass is 10.3. The first-order valence-corrected chi connectivity index (χ1v) is 5.84. The van der Waals surface area contributed by atoms with Crippen molar-refractivity contribution in [1.82, 2.24) is 5.32 Å². The Balaban J connectivity index is 2.94. The highest BCUT2D eigenvalue weighted by Crippen LogP contribution is 2.32. The van der Waals surface area contributed by atoms with Crippen molar-refractivity contribution in [2.24, 2.45) is 5.73 Å². The fourth-order valence-electron chi connectivity index (χ4n) is 0.917. The summed E-state index contributed by atoms with van der Waals surface area (Å²) in [6, 6.07) is 0.925. The van der Waals surface area contributed by atoms with Gasteiger partial charge in [0.2, 0.25) is 0 Å².